The average molecular weight is 306 g/mol. The Bertz CT molecular complexity index is 738. The van der Waals surface area contributed by atoms with Crippen molar-refractivity contribution in [1.29, 1.82) is 0 Å². The first-order valence-electron chi connectivity index (χ1n) is 6.53. The number of aromatic nitrogens is 4. The molecule has 0 atom stereocenters. The third-order valence-corrected chi connectivity index (χ3v) is 3.17. The number of carbonyl (C=O) groups is 1. The van der Waals surface area contributed by atoms with Crippen molar-refractivity contribution in [3.8, 4) is 11.4 Å². The molecule has 0 fully saturated rings. The number of nitro groups is 1. The van der Waals surface area contributed by atoms with Crippen LogP contribution in [0.1, 0.15) is 27.2 Å². The van der Waals surface area contributed by atoms with Gasteiger partial charge in [-0.2, -0.15) is 0 Å². The number of benzene rings is 1. The molecular weight excluding hydrogens is 290 g/mol. The van der Waals surface area contributed by atoms with Crippen LogP contribution in [-0.4, -0.2) is 30.9 Å². The number of phenolic OH excluding ortho intramolecular Hbond substituents is 1. The Morgan fingerprint density at radius 1 is 1.50 bits per heavy atom. The normalized spacial score (nSPS) is 11.4. The molecule has 0 spiro atoms. The van der Waals surface area contributed by atoms with Gasteiger partial charge in [0, 0.05) is 12.5 Å². The summed E-state index contributed by atoms with van der Waals surface area (Å²) in [5.74, 6) is -0.263. The van der Waals surface area contributed by atoms with Crippen LogP contribution < -0.4 is 4.68 Å². The molecule has 1 aromatic heterocycles. The third-order valence-electron chi connectivity index (χ3n) is 3.17. The van der Waals surface area contributed by atoms with Crippen LogP contribution in [0.15, 0.2) is 24.5 Å². The standard InChI is InChI=1S/C13H15N5O4/c1-9(19)7-13(2,3)17-8-16(14-15-17)11-5-4-10(18(21)22)6-12(11)20/h4-6,8H,7H2,1-3H3/p+1. The molecule has 2 aromatic rings. The number of hydrogen-bond donors (Lipinski definition) is 1. The predicted molar refractivity (Wildman–Crippen MR) is 74.5 cm³/mol. The summed E-state index contributed by atoms with van der Waals surface area (Å²) in [6.45, 7) is 5.17. The summed E-state index contributed by atoms with van der Waals surface area (Å²) in [6, 6.07) is 3.69. The SMILES string of the molecule is CC(=O)CC(C)(C)[n+]1cn(-c2ccc([N+](=O)[O-])cc2O)nn1. The van der Waals surface area contributed by atoms with Crippen LogP contribution in [0, 0.1) is 10.1 Å². The number of non-ortho nitro benzene ring substituents is 1. The van der Waals surface area contributed by atoms with Gasteiger partial charge in [-0.15, -0.1) is 4.68 Å². The molecule has 1 aromatic carbocycles. The van der Waals surface area contributed by atoms with Gasteiger partial charge in [0.1, 0.15) is 16.5 Å². The fourth-order valence-corrected chi connectivity index (χ4v) is 2.13. The van der Waals surface area contributed by atoms with E-state index >= 15 is 0 Å². The van der Waals surface area contributed by atoms with E-state index in [9.17, 15) is 20.0 Å². The van der Waals surface area contributed by atoms with Crippen molar-refractivity contribution in [3.05, 3.63) is 34.6 Å². The average Bonchev–Trinajstić information content (AvgIpc) is 2.87. The maximum atomic E-state index is 11.3. The van der Waals surface area contributed by atoms with Gasteiger partial charge in [-0.25, -0.2) is 0 Å². The third kappa shape index (κ3) is 3.08. The van der Waals surface area contributed by atoms with Crippen LogP contribution >= 0.6 is 0 Å². The minimum atomic E-state index is -0.596. The van der Waals surface area contributed by atoms with Crippen molar-refractivity contribution >= 4 is 11.5 Å². The van der Waals surface area contributed by atoms with Crippen molar-refractivity contribution in [3.63, 3.8) is 0 Å². The quantitative estimate of drug-likeness (QED) is 0.498. The van der Waals surface area contributed by atoms with E-state index in [4.69, 9.17) is 0 Å². The highest BCUT2D eigenvalue weighted by molar-refractivity contribution is 5.76. The number of ketones is 1. The molecule has 2 rings (SSSR count). The van der Waals surface area contributed by atoms with E-state index in [-0.39, 0.29) is 29.3 Å². The lowest BCUT2D eigenvalue weighted by molar-refractivity contribution is -0.809. The van der Waals surface area contributed by atoms with Crippen molar-refractivity contribution in [1.82, 2.24) is 15.1 Å². The highest BCUT2D eigenvalue weighted by Gasteiger charge is 2.30. The minimum absolute atomic E-state index is 0.0187. The molecular formula is C13H16N5O4+. The lowest BCUT2D eigenvalue weighted by Crippen LogP contribution is -2.54. The second kappa shape index (κ2) is 5.51. The van der Waals surface area contributed by atoms with Gasteiger partial charge in [0.2, 0.25) is 0 Å². The molecule has 9 nitrogen and oxygen atoms in total. The van der Waals surface area contributed by atoms with Crippen LogP contribution in [0.5, 0.6) is 5.75 Å². The summed E-state index contributed by atoms with van der Waals surface area (Å²) in [6.07, 6.45) is 1.80. The fourth-order valence-electron chi connectivity index (χ4n) is 2.13. The largest absolute Gasteiger partial charge is 0.504 e. The first-order valence-corrected chi connectivity index (χ1v) is 6.53. The molecule has 1 heterocycles. The molecule has 9 heteroatoms. The summed E-state index contributed by atoms with van der Waals surface area (Å²) in [4.78, 5) is 21.4. The minimum Gasteiger partial charge on any atom is -0.504 e. The molecule has 1 N–H and O–H groups in total. The van der Waals surface area contributed by atoms with Crippen LogP contribution in [-0.2, 0) is 10.3 Å². The van der Waals surface area contributed by atoms with E-state index < -0.39 is 10.5 Å². The zero-order chi connectivity index (χ0) is 16.5. The fraction of sp³-hybridized carbons (Fsp3) is 0.385. The maximum Gasteiger partial charge on any atom is 0.273 e. The Morgan fingerprint density at radius 2 is 2.18 bits per heavy atom. The van der Waals surface area contributed by atoms with Crippen LogP contribution in [0.25, 0.3) is 5.69 Å². The number of Topliss-reactive ketones (excluding diaryl/α,β-unsaturated/α-hetero) is 1. The van der Waals surface area contributed by atoms with E-state index in [2.05, 4.69) is 10.4 Å². The van der Waals surface area contributed by atoms with E-state index in [0.29, 0.717) is 0 Å². The molecule has 116 valence electrons. The number of carbonyl (C=O) groups excluding carboxylic acids is 1. The van der Waals surface area contributed by atoms with Gasteiger partial charge in [-0.05, 0) is 26.8 Å². The highest BCUT2D eigenvalue weighted by Crippen LogP contribution is 2.25. The number of hydrogen-bond acceptors (Lipinski definition) is 6. The summed E-state index contributed by atoms with van der Waals surface area (Å²) in [5, 5.41) is 28.4. The first kappa shape index (κ1) is 15.5. The number of rotatable bonds is 5. The molecule has 0 saturated carbocycles. The van der Waals surface area contributed by atoms with E-state index in [1.807, 2.05) is 13.8 Å². The molecule has 0 aliphatic carbocycles. The zero-order valence-corrected chi connectivity index (χ0v) is 12.4. The van der Waals surface area contributed by atoms with Crippen LogP contribution in [0.3, 0.4) is 0 Å². The summed E-state index contributed by atoms with van der Waals surface area (Å²) >= 11 is 0. The second-order valence-corrected chi connectivity index (χ2v) is 5.60. The molecule has 0 radical (unpaired) electrons. The Balaban J connectivity index is 2.36. The van der Waals surface area contributed by atoms with Gasteiger partial charge < -0.3 is 5.11 Å². The summed E-state index contributed by atoms with van der Waals surface area (Å²) in [7, 11) is 0. The number of nitro benzene ring substituents is 1. The molecule has 0 unspecified atom stereocenters. The van der Waals surface area contributed by atoms with Gasteiger partial charge in [-0.1, -0.05) is 4.68 Å². The van der Waals surface area contributed by atoms with Gasteiger partial charge in [-0.3, -0.25) is 14.9 Å². The van der Waals surface area contributed by atoms with Crippen LogP contribution in [0.4, 0.5) is 5.69 Å². The second-order valence-electron chi connectivity index (χ2n) is 5.60. The van der Waals surface area contributed by atoms with Crippen molar-refractivity contribution in [2.75, 3.05) is 0 Å². The number of nitrogens with zero attached hydrogens (tertiary/aromatic N) is 5. The van der Waals surface area contributed by atoms with E-state index in [0.717, 1.165) is 6.07 Å². The van der Waals surface area contributed by atoms with Gasteiger partial charge in [0.05, 0.1) is 11.0 Å². The van der Waals surface area contributed by atoms with E-state index in [1.165, 1.54) is 34.7 Å². The number of aromatic hydroxyl groups is 1. The first-order chi connectivity index (χ1) is 10.2. The Kier molecular flexibility index (Phi) is 3.89. The van der Waals surface area contributed by atoms with Crippen molar-refractivity contribution < 1.29 is 19.5 Å². The molecule has 0 aliphatic heterocycles. The Morgan fingerprint density at radius 3 is 2.73 bits per heavy atom. The van der Waals surface area contributed by atoms with Crippen LogP contribution in [0.2, 0.25) is 0 Å². The van der Waals surface area contributed by atoms with Gasteiger partial charge >= 0.3 is 0 Å². The van der Waals surface area contributed by atoms with E-state index in [1.54, 1.807) is 0 Å². The topological polar surface area (TPSA) is 115 Å². The molecule has 22 heavy (non-hydrogen) atoms. The van der Waals surface area contributed by atoms with Crippen molar-refractivity contribution in [2.45, 2.75) is 32.7 Å². The van der Waals surface area contributed by atoms with Gasteiger partial charge in [0.25, 0.3) is 12.0 Å². The predicted octanol–water partition coefficient (Wildman–Crippen LogP) is 0.883. The molecule has 0 aliphatic rings. The highest BCUT2D eigenvalue weighted by atomic mass is 16.6. The number of phenols is 1. The lowest BCUT2D eigenvalue weighted by atomic mass is 9.99. The summed E-state index contributed by atoms with van der Waals surface area (Å²) < 4.78 is 2.80. The monoisotopic (exact) mass is 306 g/mol. The maximum absolute atomic E-state index is 11.3. The lowest BCUT2D eigenvalue weighted by Gasteiger charge is -2.17. The van der Waals surface area contributed by atoms with Crippen molar-refractivity contribution in [2.24, 2.45) is 0 Å². The summed E-state index contributed by atoms with van der Waals surface area (Å²) in [5.41, 5.74) is -0.526. The molecule has 0 amide bonds. The molecule has 0 saturated heterocycles. The molecule has 0 bridgehead atoms. The Labute approximate surface area is 125 Å². The van der Waals surface area contributed by atoms with Gasteiger partial charge in [0.15, 0.2) is 16.7 Å². The Hall–Kier alpha value is -2.84. The number of tetrazole rings is 1. The zero-order valence-electron chi connectivity index (χ0n) is 12.4. The smallest absolute Gasteiger partial charge is 0.273 e.